The summed E-state index contributed by atoms with van der Waals surface area (Å²) in [4.78, 5) is 9.10. The molecule has 0 amide bonds. The van der Waals surface area contributed by atoms with Gasteiger partial charge >= 0.3 is 0 Å². The lowest BCUT2D eigenvalue weighted by Crippen LogP contribution is -2.57. The van der Waals surface area contributed by atoms with Crippen molar-refractivity contribution in [3.05, 3.63) is 23.4 Å². The molecule has 2 heterocycles. The minimum Gasteiger partial charge on any atom is -0.354 e. The molecule has 2 N–H and O–H groups in total. The summed E-state index contributed by atoms with van der Waals surface area (Å²) in [7, 11) is 0. The van der Waals surface area contributed by atoms with Gasteiger partial charge in [0.15, 0.2) is 0 Å². The maximum absolute atomic E-state index is 5.85. The number of hydrogen-bond acceptors (Lipinski definition) is 4. The van der Waals surface area contributed by atoms with E-state index < -0.39 is 0 Å². The molecule has 0 unspecified atom stereocenters. The molecule has 1 fully saturated rings. The first-order chi connectivity index (χ1) is 8.53. The lowest BCUT2D eigenvalue weighted by Gasteiger charge is -2.43. The molecule has 5 heteroatoms. The summed E-state index contributed by atoms with van der Waals surface area (Å²) >= 11 is 5.85. The number of nitrogens with two attached hydrogens (primary N) is 1. The Morgan fingerprint density at radius 1 is 1.28 bits per heavy atom. The number of pyridine rings is 1. The van der Waals surface area contributed by atoms with Crippen LogP contribution in [0.2, 0.25) is 5.02 Å². The van der Waals surface area contributed by atoms with E-state index in [9.17, 15) is 0 Å². The van der Waals surface area contributed by atoms with Crippen LogP contribution in [0.1, 0.15) is 13.8 Å². The fraction of sp³-hybridized carbons (Fsp3) is 0.615. The van der Waals surface area contributed by atoms with E-state index in [1.807, 2.05) is 12.1 Å². The third kappa shape index (κ3) is 2.94. The van der Waals surface area contributed by atoms with Crippen LogP contribution in [0.3, 0.4) is 0 Å². The summed E-state index contributed by atoms with van der Waals surface area (Å²) in [6.45, 7) is 9.09. The number of halogens is 1. The zero-order chi connectivity index (χ0) is 13.2. The van der Waals surface area contributed by atoms with E-state index >= 15 is 0 Å². The summed E-state index contributed by atoms with van der Waals surface area (Å²) in [5.41, 5.74) is 5.90. The zero-order valence-electron chi connectivity index (χ0n) is 11.1. The first-order valence-electron chi connectivity index (χ1n) is 6.34. The van der Waals surface area contributed by atoms with Gasteiger partial charge in [-0.3, -0.25) is 4.90 Å². The van der Waals surface area contributed by atoms with Crippen LogP contribution < -0.4 is 10.6 Å². The van der Waals surface area contributed by atoms with E-state index in [4.69, 9.17) is 17.3 Å². The first kappa shape index (κ1) is 13.6. The van der Waals surface area contributed by atoms with Crippen LogP contribution in [0.25, 0.3) is 0 Å². The van der Waals surface area contributed by atoms with Crippen molar-refractivity contribution < 1.29 is 0 Å². The molecule has 0 aromatic carbocycles. The molecule has 1 aromatic rings. The monoisotopic (exact) mass is 268 g/mol. The second-order valence-electron chi connectivity index (χ2n) is 5.33. The summed E-state index contributed by atoms with van der Waals surface area (Å²) < 4.78 is 0. The maximum Gasteiger partial charge on any atom is 0.128 e. The minimum absolute atomic E-state index is 0.0829. The van der Waals surface area contributed by atoms with Crippen LogP contribution in [0.15, 0.2) is 18.3 Å². The average molecular weight is 269 g/mol. The van der Waals surface area contributed by atoms with Crippen molar-refractivity contribution in [2.75, 3.05) is 37.6 Å². The summed E-state index contributed by atoms with van der Waals surface area (Å²) in [5.74, 6) is 1.00. The third-order valence-corrected chi connectivity index (χ3v) is 3.89. The standard InChI is InChI=1S/C13H21ClN4/c1-13(2,10-15)18-7-5-17(6-8-18)12-4-3-11(14)9-16-12/h3-4,9H,5-8,10,15H2,1-2H3. The number of aromatic nitrogens is 1. The molecule has 0 bridgehead atoms. The van der Waals surface area contributed by atoms with Crippen LogP contribution in [0.5, 0.6) is 0 Å². The molecule has 0 spiro atoms. The van der Waals surface area contributed by atoms with Gasteiger partial charge in [-0.05, 0) is 26.0 Å². The van der Waals surface area contributed by atoms with Crippen LogP contribution in [-0.4, -0.2) is 48.1 Å². The second kappa shape index (κ2) is 5.43. The van der Waals surface area contributed by atoms with Crippen molar-refractivity contribution in [2.24, 2.45) is 5.73 Å². The van der Waals surface area contributed by atoms with E-state index in [0.717, 1.165) is 32.0 Å². The fourth-order valence-corrected chi connectivity index (χ4v) is 2.34. The van der Waals surface area contributed by atoms with E-state index in [1.54, 1.807) is 6.20 Å². The molecule has 1 aliphatic rings. The largest absolute Gasteiger partial charge is 0.354 e. The van der Waals surface area contributed by atoms with Crippen molar-refractivity contribution in [3.8, 4) is 0 Å². The highest BCUT2D eigenvalue weighted by Gasteiger charge is 2.28. The molecule has 2 rings (SSSR count). The Labute approximate surface area is 114 Å². The Balaban J connectivity index is 1.96. The second-order valence-corrected chi connectivity index (χ2v) is 5.76. The molecule has 18 heavy (non-hydrogen) atoms. The topological polar surface area (TPSA) is 45.4 Å². The number of piperazine rings is 1. The smallest absolute Gasteiger partial charge is 0.128 e. The van der Waals surface area contributed by atoms with Gasteiger partial charge in [-0.1, -0.05) is 11.6 Å². The number of rotatable bonds is 3. The molecule has 0 radical (unpaired) electrons. The molecule has 100 valence electrons. The van der Waals surface area contributed by atoms with Crippen LogP contribution in [-0.2, 0) is 0 Å². The molecule has 0 aliphatic carbocycles. The van der Waals surface area contributed by atoms with Gasteiger partial charge in [0.1, 0.15) is 5.82 Å². The first-order valence-corrected chi connectivity index (χ1v) is 6.72. The van der Waals surface area contributed by atoms with Crippen LogP contribution in [0.4, 0.5) is 5.82 Å². The van der Waals surface area contributed by atoms with Gasteiger partial charge in [0, 0.05) is 44.5 Å². The molecule has 0 saturated carbocycles. The lowest BCUT2D eigenvalue weighted by molar-refractivity contribution is 0.119. The highest BCUT2D eigenvalue weighted by Crippen LogP contribution is 2.20. The summed E-state index contributed by atoms with van der Waals surface area (Å²) in [6.07, 6.45) is 1.70. The van der Waals surface area contributed by atoms with Crippen LogP contribution >= 0.6 is 11.6 Å². The van der Waals surface area contributed by atoms with E-state index in [1.165, 1.54) is 0 Å². The Morgan fingerprint density at radius 2 is 1.94 bits per heavy atom. The molecule has 4 nitrogen and oxygen atoms in total. The fourth-order valence-electron chi connectivity index (χ4n) is 2.23. The van der Waals surface area contributed by atoms with Crippen LogP contribution in [0, 0.1) is 0 Å². The van der Waals surface area contributed by atoms with Crippen molar-refractivity contribution >= 4 is 17.4 Å². The van der Waals surface area contributed by atoms with Crippen molar-refractivity contribution in [2.45, 2.75) is 19.4 Å². The van der Waals surface area contributed by atoms with Gasteiger partial charge in [-0.25, -0.2) is 4.98 Å². The molecule has 1 aliphatic heterocycles. The highest BCUT2D eigenvalue weighted by molar-refractivity contribution is 6.30. The van der Waals surface area contributed by atoms with Gasteiger partial charge < -0.3 is 10.6 Å². The summed E-state index contributed by atoms with van der Waals surface area (Å²) in [5, 5.41) is 0.682. The molecular weight excluding hydrogens is 248 g/mol. The zero-order valence-corrected chi connectivity index (χ0v) is 11.8. The number of hydrogen-bond donors (Lipinski definition) is 1. The summed E-state index contributed by atoms with van der Waals surface area (Å²) in [6, 6.07) is 3.87. The van der Waals surface area contributed by atoms with E-state index in [2.05, 4.69) is 28.6 Å². The van der Waals surface area contributed by atoms with Crippen molar-refractivity contribution in [3.63, 3.8) is 0 Å². The molecule has 0 atom stereocenters. The van der Waals surface area contributed by atoms with Gasteiger partial charge in [0.2, 0.25) is 0 Å². The predicted molar refractivity (Wildman–Crippen MR) is 76.2 cm³/mol. The minimum atomic E-state index is 0.0829. The average Bonchev–Trinajstić information content (AvgIpc) is 2.40. The normalized spacial score (nSPS) is 18.1. The number of anilines is 1. The Bertz CT molecular complexity index is 382. The Morgan fingerprint density at radius 3 is 2.44 bits per heavy atom. The quantitative estimate of drug-likeness (QED) is 0.904. The third-order valence-electron chi connectivity index (χ3n) is 3.67. The SMILES string of the molecule is CC(C)(CN)N1CCN(c2ccc(Cl)cn2)CC1. The number of nitrogens with zero attached hydrogens (tertiary/aromatic N) is 3. The van der Waals surface area contributed by atoms with Gasteiger partial charge in [-0.15, -0.1) is 0 Å². The van der Waals surface area contributed by atoms with Gasteiger partial charge in [0.05, 0.1) is 5.02 Å². The van der Waals surface area contributed by atoms with E-state index in [-0.39, 0.29) is 5.54 Å². The molecular formula is C13H21ClN4. The van der Waals surface area contributed by atoms with Crippen molar-refractivity contribution in [1.82, 2.24) is 9.88 Å². The highest BCUT2D eigenvalue weighted by atomic mass is 35.5. The van der Waals surface area contributed by atoms with Crippen molar-refractivity contribution in [1.29, 1.82) is 0 Å². The molecule has 1 aromatic heterocycles. The Kier molecular flexibility index (Phi) is 4.10. The lowest BCUT2D eigenvalue weighted by atomic mass is 10.0. The van der Waals surface area contributed by atoms with Gasteiger partial charge in [-0.2, -0.15) is 0 Å². The molecule has 1 saturated heterocycles. The van der Waals surface area contributed by atoms with E-state index in [0.29, 0.717) is 11.6 Å². The Hall–Kier alpha value is -0.840. The maximum atomic E-state index is 5.85. The predicted octanol–water partition coefficient (Wildman–Crippen LogP) is 1.59. The van der Waals surface area contributed by atoms with Gasteiger partial charge in [0.25, 0.3) is 0 Å².